The van der Waals surface area contributed by atoms with Gasteiger partial charge in [0.2, 0.25) is 0 Å². The van der Waals surface area contributed by atoms with Crippen molar-refractivity contribution in [2.24, 2.45) is 0 Å². The molecule has 0 fully saturated rings. The smallest absolute Gasteiger partial charge is 0.186 e. The summed E-state index contributed by atoms with van der Waals surface area (Å²) in [5.41, 5.74) is 1.85. The van der Waals surface area contributed by atoms with E-state index in [-0.39, 0.29) is 5.78 Å². The van der Waals surface area contributed by atoms with Crippen molar-refractivity contribution in [2.75, 3.05) is 0 Å². The van der Waals surface area contributed by atoms with Crippen LogP contribution < -0.4 is 15.9 Å². The van der Waals surface area contributed by atoms with E-state index < -0.39 is 6.89 Å². The summed E-state index contributed by atoms with van der Waals surface area (Å²) in [6.07, 6.45) is 0. The molecule has 1 aromatic heterocycles. The van der Waals surface area contributed by atoms with Gasteiger partial charge in [0.15, 0.2) is 5.78 Å². The van der Waals surface area contributed by atoms with Crippen molar-refractivity contribution >= 4 is 45.7 Å². The average molecular weight is 463 g/mol. The van der Waals surface area contributed by atoms with Gasteiger partial charge in [-0.2, -0.15) is 0 Å². The summed E-state index contributed by atoms with van der Waals surface area (Å²) in [6, 6.07) is 43.5. The zero-order valence-corrected chi connectivity index (χ0v) is 19.8. The van der Waals surface area contributed by atoms with E-state index in [4.69, 9.17) is 0 Å². The number of rotatable bonds is 6. The summed E-state index contributed by atoms with van der Waals surface area (Å²) < 4.78 is 0. The van der Waals surface area contributed by atoms with Crippen LogP contribution in [0.3, 0.4) is 0 Å². The fourth-order valence-electron chi connectivity index (χ4n) is 4.15. The third-order valence-corrected chi connectivity index (χ3v) is 10.7. The summed E-state index contributed by atoms with van der Waals surface area (Å²) in [5, 5.41) is 5.59. The van der Waals surface area contributed by atoms with Gasteiger partial charge in [0, 0.05) is 10.4 Å². The Hall–Kier alpha value is -3.45. The average Bonchev–Trinajstić information content (AvgIpc) is 3.44. The van der Waals surface area contributed by atoms with Crippen molar-refractivity contribution in [3.05, 3.63) is 138 Å². The summed E-state index contributed by atoms with van der Waals surface area (Å²) in [6.45, 7) is -2.31. The van der Waals surface area contributed by atoms with Gasteiger partial charge >= 0.3 is 0 Å². The maximum atomic E-state index is 13.8. The molecule has 0 spiro atoms. The van der Waals surface area contributed by atoms with E-state index in [1.54, 1.807) is 11.3 Å². The molecule has 5 rings (SSSR count). The lowest BCUT2D eigenvalue weighted by molar-refractivity contribution is 0.107. The van der Waals surface area contributed by atoms with Gasteiger partial charge in [-0.25, -0.2) is 0 Å². The minimum absolute atomic E-state index is 0.0534. The maximum absolute atomic E-state index is 13.8. The van der Waals surface area contributed by atoms with Gasteiger partial charge in [-0.1, -0.05) is 121 Å². The number of ketones is 1. The van der Waals surface area contributed by atoms with E-state index in [1.807, 2.05) is 54.3 Å². The second-order valence-corrected chi connectivity index (χ2v) is 12.0. The Morgan fingerprint density at radius 3 is 1.48 bits per heavy atom. The monoisotopic (exact) mass is 462 g/mol. The molecule has 0 N–H and O–H groups in total. The van der Waals surface area contributed by atoms with Crippen LogP contribution in [0.1, 0.15) is 10.4 Å². The van der Waals surface area contributed by atoms with Gasteiger partial charge in [-0.3, -0.25) is 4.79 Å². The van der Waals surface area contributed by atoms with Gasteiger partial charge < -0.3 is 0 Å². The van der Waals surface area contributed by atoms with Crippen LogP contribution >= 0.6 is 18.2 Å². The Kier molecular flexibility index (Phi) is 6.21. The first-order valence-corrected chi connectivity index (χ1v) is 13.6. The standard InChI is InChI=1S/C30H23OPS/c31-29(24-18-20-25(21-19-24)30-17-10-22-33-30)23-32(26-11-4-1-5-12-26,27-13-6-2-7-14-27)28-15-8-3-9-16-28/h1-23H. The van der Waals surface area contributed by atoms with Crippen LogP contribution in [-0.2, 0) is 0 Å². The molecule has 160 valence electrons. The molecule has 0 unspecified atom stereocenters. The molecule has 5 aromatic rings. The Labute approximate surface area is 199 Å². The molecule has 4 aromatic carbocycles. The Morgan fingerprint density at radius 1 is 0.576 bits per heavy atom. The van der Waals surface area contributed by atoms with Gasteiger partial charge in [-0.05, 0) is 45.6 Å². The lowest BCUT2D eigenvalue weighted by atomic mass is 10.1. The zero-order chi connectivity index (χ0) is 22.5. The number of Topliss-reactive ketones (excluding diaryl/α,β-unsaturated/α-hetero) is 1. The molecule has 1 heterocycles. The van der Waals surface area contributed by atoms with Crippen LogP contribution in [0.4, 0.5) is 0 Å². The minimum atomic E-state index is -2.31. The van der Waals surface area contributed by atoms with Crippen molar-refractivity contribution in [3.63, 3.8) is 0 Å². The first-order valence-electron chi connectivity index (χ1n) is 10.9. The van der Waals surface area contributed by atoms with Gasteiger partial charge in [0.25, 0.3) is 0 Å². The molecule has 0 amide bonds. The third-order valence-electron chi connectivity index (χ3n) is 5.78. The first-order chi connectivity index (χ1) is 16.3. The summed E-state index contributed by atoms with van der Waals surface area (Å²) in [4.78, 5) is 15.0. The molecule has 0 saturated heterocycles. The Morgan fingerprint density at radius 2 is 1.06 bits per heavy atom. The molecule has 0 aliphatic carbocycles. The van der Waals surface area contributed by atoms with Crippen LogP contribution in [0.2, 0.25) is 0 Å². The predicted molar refractivity (Wildman–Crippen MR) is 145 cm³/mol. The highest BCUT2D eigenvalue weighted by Crippen LogP contribution is 2.43. The van der Waals surface area contributed by atoms with Crippen molar-refractivity contribution < 1.29 is 4.79 Å². The molecule has 33 heavy (non-hydrogen) atoms. The van der Waals surface area contributed by atoms with E-state index in [9.17, 15) is 4.79 Å². The number of hydrogen-bond donors (Lipinski definition) is 0. The lowest BCUT2D eigenvalue weighted by Gasteiger charge is -2.28. The van der Waals surface area contributed by atoms with E-state index in [1.165, 1.54) is 20.8 Å². The second kappa shape index (κ2) is 9.58. The molecule has 3 heteroatoms. The van der Waals surface area contributed by atoms with E-state index >= 15 is 0 Å². The molecule has 0 aliphatic heterocycles. The van der Waals surface area contributed by atoms with Crippen LogP contribution in [0.25, 0.3) is 10.4 Å². The largest absolute Gasteiger partial charge is 0.289 e. The van der Waals surface area contributed by atoms with Crippen molar-refractivity contribution in [1.29, 1.82) is 0 Å². The molecule has 0 bridgehead atoms. The highest BCUT2D eigenvalue weighted by Gasteiger charge is 2.26. The molecule has 0 atom stereocenters. The minimum Gasteiger partial charge on any atom is -0.289 e. The predicted octanol–water partition coefficient (Wildman–Crippen LogP) is 6.39. The molecule has 0 saturated carbocycles. The number of hydrogen-bond acceptors (Lipinski definition) is 2. The number of thiophene rings is 1. The van der Waals surface area contributed by atoms with Crippen LogP contribution in [-0.4, -0.2) is 11.6 Å². The highest BCUT2D eigenvalue weighted by molar-refractivity contribution is 7.95. The number of carbonyl (C=O) groups excluding carboxylic acids is 1. The third kappa shape index (κ3) is 4.28. The highest BCUT2D eigenvalue weighted by atomic mass is 32.1. The first kappa shape index (κ1) is 21.4. The number of benzene rings is 4. The number of carbonyl (C=O) groups is 1. The quantitative estimate of drug-likeness (QED) is 0.211. The molecular formula is C30H23OPS. The second-order valence-electron chi connectivity index (χ2n) is 7.78. The fraction of sp³-hybridized carbons (Fsp3) is 0. The van der Waals surface area contributed by atoms with Gasteiger partial charge in [0.05, 0.1) is 0 Å². The summed E-state index contributed by atoms with van der Waals surface area (Å²) in [7, 11) is 0. The van der Waals surface area contributed by atoms with Gasteiger partial charge in [0.1, 0.15) is 0 Å². The van der Waals surface area contributed by atoms with Crippen molar-refractivity contribution in [1.82, 2.24) is 0 Å². The topological polar surface area (TPSA) is 17.1 Å². The molecule has 0 radical (unpaired) electrons. The molecular weight excluding hydrogens is 439 g/mol. The van der Waals surface area contributed by atoms with Crippen LogP contribution in [0.15, 0.2) is 133 Å². The Bertz CT molecular complexity index is 1290. The molecule has 1 nitrogen and oxygen atoms in total. The summed E-state index contributed by atoms with van der Waals surface area (Å²) in [5.74, 6) is 2.05. The van der Waals surface area contributed by atoms with Crippen LogP contribution in [0.5, 0.6) is 0 Å². The van der Waals surface area contributed by atoms with Crippen LogP contribution in [0, 0.1) is 0 Å². The van der Waals surface area contributed by atoms with Crippen molar-refractivity contribution in [3.8, 4) is 10.4 Å². The normalized spacial score (nSPS) is 11.2. The SMILES string of the molecule is O=C(C=P(c1ccccc1)(c1ccccc1)c1ccccc1)c1ccc(-c2cccs2)cc1. The lowest BCUT2D eigenvalue weighted by Crippen LogP contribution is -2.28. The van der Waals surface area contributed by atoms with E-state index in [0.717, 1.165) is 5.56 Å². The maximum Gasteiger partial charge on any atom is 0.186 e. The summed E-state index contributed by atoms with van der Waals surface area (Å²) >= 11 is 1.70. The van der Waals surface area contributed by atoms with E-state index in [0.29, 0.717) is 5.56 Å². The van der Waals surface area contributed by atoms with Crippen molar-refractivity contribution in [2.45, 2.75) is 0 Å². The molecule has 0 aliphatic rings. The van der Waals surface area contributed by atoms with E-state index in [2.05, 4.69) is 84.2 Å². The zero-order valence-electron chi connectivity index (χ0n) is 18.0. The Balaban J connectivity index is 1.71. The van der Waals surface area contributed by atoms with Gasteiger partial charge in [-0.15, -0.1) is 11.3 Å². The fourth-order valence-corrected chi connectivity index (χ4v) is 8.65.